The second-order valence-electron chi connectivity index (χ2n) is 4.29. The zero-order valence-electron chi connectivity index (χ0n) is 10.4. The molecule has 0 aliphatic heterocycles. The van der Waals surface area contributed by atoms with Gasteiger partial charge in [-0.15, -0.1) is 0 Å². The molecule has 1 rings (SSSR count). The number of aliphatic hydroxyl groups excluding tert-OH is 1. The van der Waals surface area contributed by atoms with E-state index in [1.165, 1.54) is 18.4 Å². The van der Waals surface area contributed by atoms with E-state index >= 15 is 0 Å². The van der Waals surface area contributed by atoms with Crippen LogP contribution in [0.5, 0.6) is 0 Å². The number of benzene rings is 1. The van der Waals surface area contributed by atoms with Gasteiger partial charge < -0.3 is 10.4 Å². The van der Waals surface area contributed by atoms with Crippen LogP contribution in [0.25, 0.3) is 0 Å². The molecule has 0 amide bonds. The lowest BCUT2D eigenvalue weighted by Gasteiger charge is -2.13. The average molecular weight is 221 g/mol. The molecule has 0 heterocycles. The predicted molar refractivity (Wildman–Crippen MR) is 68.1 cm³/mol. The fraction of sp³-hybridized carbons (Fsp3) is 0.571. The van der Waals surface area contributed by atoms with Gasteiger partial charge in [0, 0.05) is 6.54 Å². The molecule has 0 saturated heterocycles. The molecule has 0 aromatic heterocycles. The quantitative estimate of drug-likeness (QED) is 0.742. The van der Waals surface area contributed by atoms with Gasteiger partial charge in [0.1, 0.15) is 0 Å². The number of aliphatic hydroxyl groups is 1. The van der Waals surface area contributed by atoms with Gasteiger partial charge in [-0.05, 0) is 23.6 Å². The monoisotopic (exact) mass is 221 g/mol. The molecule has 0 saturated carbocycles. The van der Waals surface area contributed by atoms with Gasteiger partial charge in [-0.3, -0.25) is 0 Å². The van der Waals surface area contributed by atoms with Gasteiger partial charge in [0.25, 0.3) is 0 Å². The summed E-state index contributed by atoms with van der Waals surface area (Å²) in [5, 5.41) is 12.5. The van der Waals surface area contributed by atoms with E-state index in [2.05, 4.69) is 31.3 Å². The van der Waals surface area contributed by atoms with Gasteiger partial charge in [0.05, 0.1) is 6.61 Å². The molecule has 1 aromatic rings. The van der Waals surface area contributed by atoms with Crippen LogP contribution < -0.4 is 5.32 Å². The van der Waals surface area contributed by atoms with E-state index in [9.17, 15) is 0 Å². The predicted octanol–water partition coefficient (Wildman–Crippen LogP) is 2.70. The third-order valence-electron chi connectivity index (χ3n) is 3.09. The third kappa shape index (κ3) is 4.33. The molecule has 1 aromatic carbocycles. The van der Waals surface area contributed by atoms with Crippen LogP contribution in [-0.2, 0) is 13.2 Å². The highest BCUT2D eigenvalue weighted by Crippen LogP contribution is 2.07. The Morgan fingerprint density at radius 2 is 1.88 bits per heavy atom. The lowest BCUT2D eigenvalue weighted by atomic mass is 10.0. The van der Waals surface area contributed by atoms with Gasteiger partial charge >= 0.3 is 0 Å². The van der Waals surface area contributed by atoms with Crippen molar-refractivity contribution in [2.45, 2.75) is 39.8 Å². The highest BCUT2D eigenvalue weighted by atomic mass is 16.3. The molecule has 2 heteroatoms. The molecule has 0 atom stereocenters. The fourth-order valence-corrected chi connectivity index (χ4v) is 1.84. The van der Waals surface area contributed by atoms with Crippen molar-refractivity contribution in [3.8, 4) is 0 Å². The van der Waals surface area contributed by atoms with Crippen molar-refractivity contribution in [1.29, 1.82) is 0 Å². The Hall–Kier alpha value is -0.860. The lowest BCUT2D eigenvalue weighted by molar-refractivity contribution is 0.281. The second-order valence-corrected chi connectivity index (χ2v) is 4.29. The zero-order chi connectivity index (χ0) is 11.8. The van der Waals surface area contributed by atoms with Crippen molar-refractivity contribution in [2.24, 2.45) is 5.92 Å². The van der Waals surface area contributed by atoms with E-state index in [1.807, 2.05) is 12.1 Å². The molecule has 90 valence electrons. The normalized spacial score (nSPS) is 11.0. The lowest BCUT2D eigenvalue weighted by Crippen LogP contribution is -2.21. The number of hydrogen-bond donors (Lipinski definition) is 2. The van der Waals surface area contributed by atoms with Gasteiger partial charge in [0.2, 0.25) is 0 Å². The molecular formula is C14H23NO. The summed E-state index contributed by atoms with van der Waals surface area (Å²) in [6.07, 6.45) is 2.47. The Morgan fingerprint density at radius 3 is 2.50 bits per heavy atom. The molecule has 0 radical (unpaired) electrons. The fourth-order valence-electron chi connectivity index (χ4n) is 1.84. The van der Waals surface area contributed by atoms with E-state index in [4.69, 9.17) is 5.11 Å². The minimum Gasteiger partial charge on any atom is -0.392 e. The standard InChI is InChI=1S/C14H23NO/c1-3-12(4-2)9-15-10-13-6-5-7-14(8-13)11-16/h5-8,12,15-16H,3-4,9-11H2,1-2H3. The first-order valence-electron chi connectivity index (χ1n) is 6.19. The molecule has 0 spiro atoms. The Kier molecular flexibility index (Phi) is 6.12. The SMILES string of the molecule is CCC(CC)CNCc1cccc(CO)c1. The Labute approximate surface area is 98.7 Å². The molecule has 0 unspecified atom stereocenters. The highest BCUT2D eigenvalue weighted by Gasteiger charge is 2.02. The topological polar surface area (TPSA) is 32.3 Å². The van der Waals surface area contributed by atoms with Gasteiger partial charge in [-0.1, -0.05) is 51.0 Å². The number of nitrogens with one attached hydrogen (secondary N) is 1. The maximum Gasteiger partial charge on any atom is 0.0681 e. The van der Waals surface area contributed by atoms with Crippen molar-refractivity contribution < 1.29 is 5.11 Å². The molecule has 2 nitrogen and oxygen atoms in total. The van der Waals surface area contributed by atoms with Crippen LogP contribution in [0.4, 0.5) is 0 Å². The minimum absolute atomic E-state index is 0.125. The summed E-state index contributed by atoms with van der Waals surface area (Å²) in [4.78, 5) is 0. The molecule has 16 heavy (non-hydrogen) atoms. The van der Waals surface area contributed by atoms with E-state index in [0.29, 0.717) is 0 Å². The van der Waals surface area contributed by atoms with Crippen LogP contribution in [0.1, 0.15) is 37.8 Å². The average Bonchev–Trinajstić information content (AvgIpc) is 2.35. The number of hydrogen-bond acceptors (Lipinski definition) is 2. The highest BCUT2D eigenvalue weighted by molar-refractivity contribution is 5.22. The van der Waals surface area contributed by atoms with Crippen LogP contribution in [0, 0.1) is 5.92 Å². The summed E-state index contributed by atoms with van der Waals surface area (Å²) in [5.74, 6) is 0.779. The smallest absolute Gasteiger partial charge is 0.0681 e. The summed E-state index contributed by atoms with van der Waals surface area (Å²) < 4.78 is 0. The maximum absolute atomic E-state index is 9.03. The van der Waals surface area contributed by atoms with Crippen molar-refractivity contribution in [3.63, 3.8) is 0 Å². The molecule has 0 aliphatic rings. The van der Waals surface area contributed by atoms with Crippen molar-refractivity contribution in [3.05, 3.63) is 35.4 Å². The van der Waals surface area contributed by atoms with Gasteiger partial charge in [0.15, 0.2) is 0 Å². The van der Waals surface area contributed by atoms with Crippen LogP contribution in [0.15, 0.2) is 24.3 Å². The van der Waals surface area contributed by atoms with Crippen LogP contribution in [-0.4, -0.2) is 11.7 Å². The van der Waals surface area contributed by atoms with Crippen molar-refractivity contribution in [1.82, 2.24) is 5.32 Å². The summed E-state index contributed by atoms with van der Waals surface area (Å²) in [6, 6.07) is 8.10. The molecule has 2 N–H and O–H groups in total. The van der Waals surface area contributed by atoms with Crippen molar-refractivity contribution in [2.75, 3.05) is 6.54 Å². The minimum atomic E-state index is 0.125. The summed E-state index contributed by atoms with van der Waals surface area (Å²) in [7, 11) is 0. The first-order chi connectivity index (χ1) is 7.80. The summed E-state index contributed by atoms with van der Waals surface area (Å²) >= 11 is 0. The third-order valence-corrected chi connectivity index (χ3v) is 3.09. The molecule has 0 bridgehead atoms. The Bertz CT molecular complexity index is 295. The van der Waals surface area contributed by atoms with Crippen LogP contribution in [0.3, 0.4) is 0 Å². The molecule has 0 fully saturated rings. The molecular weight excluding hydrogens is 198 g/mol. The van der Waals surface area contributed by atoms with Crippen LogP contribution >= 0.6 is 0 Å². The Balaban J connectivity index is 2.36. The molecule has 0 aliphatic carbocycles. The zero-order valence-corrected chi connectivity index (χ0v) is 10.4. The van der Waals surface area contributed by atoms with E-state index in [-0.39, 0.29) is 6.61 Å². The van der Waals surface area contributed by atoms with Crippen LogP contribution in [0.2, 0.25) is 0 Å². The largest absolute Gasteiger partial charge is 0.392 e. The van der Waals surface area contributed by atoms with Gasteiger partial charge in [-0.25, -0.2) is 0 Å². The second kappa shape index (κ2) is 7.42. The summed E-state index contributed by atoms with van der Waals surface area (Å²) in [5.41, 5.74) is 2.24. The van der Waals surface area contributed by atoms with Crippen molar-refractivity contribution >= 4 is 0 Å². The number of rotatable bonds is 7. The van der Waals surface area contributed by atoms with Gasteiger partial charge in [-0.2, -0.15) is 0 Å². The van der Waals surface area contributed by atoms with E-state index < -0.39 is 0 Å². The van der Waals surface area contributed by atoms with E-state index in [1.54, 1.807) is 0 Å². The first kappa shape index (κ1) is 13.2. The summed E-state index contributed by atoms with van der Waals surface area (Å²) in [6.45, 7) is 6.57. The first-order valence-corrected chi connectivity index (χ1v) is 6.19. The van der Waals surface area contributed by atoms with E-state index in [0.717, 1.165) is 24.6 Å². The maximum atomic E-state index is 9.03. The Morgan fingerprint density at radius 1 is 1.19 bits per heavy atom.